The van der Waals surface area contributed by atoms with Gasteiger partial charge in [0.05, 0.1) is 7.11 Å². The van der Waals surface area contributed by atoms with Crippen LogP contribution in [0.2, 0.25) is 0 Å². The third-order valence-electron chi connectivity index (χ3n) is 4.54. The Balaban J connectivity index is 1.54. The van der Waals surface area contributed by atoms with Crippen LogP contribution in [0.5, 0.6) is 11.5 Å². The number of likely N-dealkylation sites (tertiary alicyclic amines) is 1. The fourth-order valence-corrected chi connectivity index (χ4v) is 3.15. The van der Waals surface area contributed by atoms with E-state index in [1.807, 2.05) is 25.2 Å². The highest BCUT2D eigenvalue weighted by molar-refractivity contribution is 5.91. The van der Waals surface area contributed by atoms with Crippen molar-refractivity contribution >= 4 is 5.91 Å². The van der Waals surface area contributed by atoms with E-state index in [9.17, 15) is 4.79 Å². The smallest absolute Gasteiger partial charge is 0.275 e. The third-order valence-corrected chi connectivity index (χ3v) is 4.54. The van der Waals surface area contributed by atoms with Crippen molar-refractivity contribution in [2.24, 2.45) is 5.92 Å². The maximum absolute atomic E-state index is 12.5. The molecule has 0 N–H and O–H groups in total. The molecule has 140 valence electrons. The number of amides is 1. The molecule has 0 aliphatic carbocycles. The van der Waals surface area contributed by atoms with Crippen LogP contribution >= 0.6 is 0 Å². The van der Waals surface area contributed by atoms with E-state index in [0.29, 0.717) is 29.0 Å². The summed E-state index contributed by atoms with van der Waals surface area (Å²) in [6, 6.07) is 7.28. The second kappa shape index (κ2) is 8.23. The zero-order chi connectivity index (χ0) is 18.5. The highest BCUT2D eigenvalue weighted by Crippen LogP contribution is 2.20. The van der Waals surface area contributed by atoms with E-state index in [2.05, 4.69) is 16.9 Å². The van der Waals surface area contributed by atoms with E-state index in [0.717, 1.165) is 26.1 Å². The molecule has 0 saturated carbocycles. The molecule has 1 atom stereocenters. The predicted molar refractivity (Wildman–Crippen MR) is 96.4 cm³/mol. The van der Waals surface area contributed by atoms with Crippen LogP contribution < -0.4 is 9.47 Å². The lowest BCUT2D eigenvalue weighted by Crippen LogP contribution is -2.33. The maximum atomic E-state index is 12.5. The van der Waals surface area contributed by atoms with Gasteiger partial charge in [-0.1, -0.05) is 6.07 Å². The summed E-state index contributed by atoms with van der Waals surface area (Å²) in [5.41, 5.74) is 0.308. The van der Waals surface area contributed by atoms with Crippen LogP contribution in [0.1, 0.15) is 22.8 Å². The average molecular weight is 359 g/mol. The summed E-state index contributed by atoms with van der Waals surface area (Å²) in [5, 5.41) is 0. The van der Waals surface area contributed by atoms with E-state index < -0.39 is 0 Å². The Morgan fingerprint density at radius 1 is 1.42 bits per heavy atom. The van der Waals surface area contributed by atoms with Crippen LogP contribution in [0.25, 0.3) is 0 Å². The Hall–Kier alpha value is -2.54. The van der Waals surface area contributed by atoms with E-state index in [4.69, 9.17) is 13.9 Å². The molecule has 0 bridgehead atoms. The molecule has 7 nitrogen and oxygen atoms in total. The van der Waals surface area contributed by atoms with Gasteiger partial charge in [-0.2, -0.15) is 0 Å². The number of oxazole rings is 1. The lowest BCUT2D eigenvalue weighted by Gasteiger charge is -2.20. The molecule has 3 rings (SSSR count). The lowest BCUT2D eigenvalue weighted by atomic mass is 10.1. The molecular weight excluding hydrogens is 334 g/mol. The van der Waals surface area contributed by atoms with Crippen LogP contribution in [0.4, 0.5) is 0 Å². The first-order chi connectivity index (χ1) is 12.5. The molecular formula is C19H25N3O4. The molecule has 2 heterocycles. The van der Waals surface area contributed by atoms with Crippen LogP contribution in [0, 0.1) is 5.92 Å². The van der Waals surface area contributed by atoms with Gasteiger partial charge >= 0.3 is 0 Å². The van der Waals surface area contributed by atoms with Crippen LogP contribution in [-0.4, -0.2) is 61.5 Å². The van der Waals surface area contributed by atoms with Crippen molar-refractivity contribution in [3.63, 3.8) is 0 Å². The summed E-state index contributed by atoms with van der Waals surface area (Å²) in [4.78, 5) is 20.8. The van der Waals surface area contributed by atoms with Gasteiger partial charge in [-0.15, -0.1) is 0 Å². The number of benzene rings is 1. The number of carbonyl (C=O) groups excluding carboxylic acids is 1. The highest BCUT2D eigenvalue weighted by atomic mass is 16.5. The van der Waals surface area contributed by atoms with Crippen LogP contribution in [0.3, 0.4) is 0 Å². The Bertz CT molecular complexity index is 746. The molecule has 0 radical (unpaired) electrons. The Labute approximate surface area is 153 Å². The first-order valence-corrected chi connectivity index (χ1v) is 8.70. The van der Waals surface area contributed by atoms with Gasteiger partial charge in [-0.3, -0.25) is 4.79 Å². The van der Waals surface area contributed by atoms with Gasteiger partial charge in [0, 0.05) is 26.2 Å². The van der Waals surface area contributed by atoms with Crippen molar-refractivity contribution in [1.82, 2.24) is 14.8 Å². The Morgan fingerprint density at radius 2 is 2.23 bits per heavy atom. The van der Waals surface area contributed by atoms with E-state index in [-0.39, 0.29) is 12.5 Å². The third kappa shape index (κ3) is 4.54. The first kappa shape index (κ1) is 18.3. The van der Waals surface area contributed by atoms with Crippen molar-refractivity contribution in [2.45, 2.75) is 13.0 Å². The predicted octanol–water partition coefficient (Wildman–Crippen LogP) is 2.29. The molecule has 1 unspecified atom stereocenters. The monoisotopic (exact) mass is 359 g/mol. The van der Waals surface area contributed by atoms with E-state index in [1.54, 1.807) is 18.1 Å². The van der Waals surface area contributed by atoms with Gasteiger partial charge in [-0.25, -0.2) is 4.98 Å². The number of hydrogen-bond acceptors (Lipinski definition) is 6. The molecule has 1 aromatic heterocycles. The summed E-state index contributed by atoms with van der Waals surface area (Å²) in [7, 11) is 5.51. The molecule has 1 amide bonds. The van der Waals surface area contributed by atoms with Gasteiger partial charge in [0.1, 0.15) is 17.8 Å². The SMILES string of the molecule is COc1cccc(OCc2nc(C(=O)N(C)CC3CCN(C)C3)co2)c1. The molecule has 2 aromatic rings. The minimum atomic E-state index is -0.129. The van der Waals surface area contributed by atoms with Crippen molar-refractivity contribution in [2.75, 3.05) is 40.8 Å². The average Bonchev–Trinajstić information content (AvgIpc) is 3.28. The van der Waals surface area contributed by atoms with Gasteiger partial charge in [0.15, 0.2) is 12.3 Å². The molecule has 0 spiro atoms. The number of carbonyl (C=O) groups is 1. The standard InChI is InChI=1S/C19H25N3O4/c1-21-8-7-14(10-21)11-22(2)19(23)17-12-26-18(20-17)13-25-16-6-4-5-15(9-16)24-3/h4-6,9,12,14H,7-8,10-11,13H2,1-3H3. The fourth-order valence-electron chi connectivity index (χ4n) is 3.15. The van der Waals surface area contributed by atoms with Crippen LogP contribution in [0.15, 0.2) is 34.9 Å². The minimum absolute atomic E-state index is 0.129. The first-order valence-electron chi connectivity index (χ1n) is 8.70. The molecule has 1 aliphatic heterocycles. The number of hydrogen-bond donors (Lipinski definition) is 0. The fraction of sp³-hybridized carbons (Fsp3) is 0.474. The van der Waals surface area contributed by atoms with Crippen molar-refractivity contribution in [1.29, 1.82) is 0 Å². The minimum Gasteiger partial charge on any atom is -0.497 e. The number of methoxy groups -OCH3 is 1. The molecule has 7 heteroatoms. The zero-order valence-corrected chi connectivity index (χ0v) is 15.5. The highest BCUT2D eigenvalue weighted by Gasteiger charge is 2.24. The second-order valence-corrected chi connectivity index (χ2v) is 6.70. The van der Waals surface area contributed by atoms with Gasteiger partial charge in [0.2, 0.25) is 5.89 Å². The summed E-state index contributed by atoms with van der Waals surface area (Å²) in [5.74, 6) is 2.11. The molecule has 1 aromatic carbocycles. The number of ether oxygens (including phenoxy) is 2. The molecule has 1 fully saturated rings. The van der Waals surface area contributed by atoms with E-state index >= 15 is 0 Å². The number of aromatic nitrogens is 1. The molecule has 1 aliphatic rings. The van der Waals surface area contributed by atoms with Crippen LogP contribution in [-0.2, 0) is 6.61 Å². The lowest BCUT2D eigenvalue weighted by molar-refractivity contribution is 0.0768. The second-order valence-electron chi connectivity index (χ2n) is 6.70. The normalized spacial score (nSPS) is 17.3. The zero-order valence-electron chi connectivity index (χ0n) is 15.5. The van der Waals surface area contributed by atoms with Gasteiger partial charge < -0.3 is 23.7 Å². The Morgan fingerprint density at radius 3 is 2.96 bits per heavy atom. The maximum Gasteiger partial charge on any atom is 0.275 e. The van der Waals surface area contributed by atoms with Crippen molar-refractivity contribution in [3.8, 4) is 11.5 Å². The molecule has 26 heavy (non-hydrogen) atoms. The quantitative estimate of drug-likeness (QED) is 0.756. The van der Waals surface area contributed by atoms with E-state index in [1.165, 1.54) is 6.26 Å². The van der Waals surface area contributed by atoms with Gasteiger partial charge in [0.25, 0.3) is 5.91 Å². The topological polar surface area (TPSA) is 68.0 Å². The summed E-state index contributed by atoms with van der Waals surface area (Å²) in [6.07, 6.45) is 2.51. The molecule has 1 saturated heterocycles. The van der Waals surface area contributed by atoms with Crippen molar-refractivity contribution in [3.05, 3.63) is 42.1 Å². The van der Waals surface area contributed by atoms with Gasteiger partial charge in [-0.05, 0) is 38.1 Å². The van der Waals surface area contributed by atoms with Crippen molar-refractivity contribution < 1.29 is 18.7 Å². The summed E-state index contributed by atoms with van der Waals surface area (Å²) in [6.45, 7) is 2.99. The Kier molecular flexibility index (Phi) is 5.78. The number of rotatable bonds is 7. The largest absolute Gasteiger partial charge is 0.497 e. The number of nitrogens with zero attached hydrogens (tertiary/aromatic N) is 3. The summed E-state index contributed by atoms with van der Waals surface area (Å²) < 4.78 is 16.2. The summed E-state index contributed by atoms with van der Waals surface area (Å²) >= 11 is 0.